The van der Waals surface area contributed by atoms with Crippen LogP contribution in [0.3, 0.4) is 0 Å². The highest BCUT2D eigenvalue weighted by Crippen LogP contribution is 2.39. The number of piperidine rings is 1. The van der Waals surface area contributed by atoms with Gasteiger partial charge in [0.25, 0.3) is 0 Å². The van der Waals surface area contributed by atoms with Crippen LogP contribution in [-0.4, -0.2) is 39.2 Å². The van der Waals surface area contributed by atoms with Crippen molar-refractivity contribution in [1.29, 1.82) is 0 Å². The van der Waals surface area contributed by atoms with Gasteiger partial charge in [-0.2, -0.15) is 0 Å². The molecule has 1 atom stereocenters. The Morgan fingerprint density at radius 2 is 2.07 bits per heavy atom. The third-order valence-corrected chi connectivity index (χ3v) is 8.01. The molecule has 1 aliphatic heterocycles. The molecule has 6 nitrogen and oxygen atoms in total. The van der Waals surface area contributed by atoms with Crippen LogP contribution >= 0.6 is 39.3 Å². The first-order valence-electron chi connectivity index (χ1n) is 9.22. The number of halogens is 2. The van der Waals surface area contributed by atoms with Crippen LogP contribution in [0.5, 0.6) is 0 Å². The summed E-state index contributed by atoms with van der Waals surface area (Å²) in [7, 11) is 0. The number of aromatic nitrogens is 3. The summed E-state index contributed by atoms with van der Waals surface area (Å²) in [6, 6.07) is 1.99. The molecule has 28 heavy (non-hydrogen) atoms. The van der Waals surface area contributed by atoms with Gasteiger partial charge in [-0.25, -0.2) is 15.0 Å². The van der Waals surface area contributed by atoms with Crippen LogP contribution in [0.2, 0.25) is 5.02 Å². The molecule has 0 aliphatic carbocycles. The minimum Gasteiger partial charge on any atom is -0.390 e. The van der Waals surface area contributed by atoms with E-state index in [2.05, 4.69) is 39.7 Å². The first-order valence-corrected chi connectivity index (χ1v) is 11.2. The Labute approximate surface area is 183 Å². The molecule has 0 amide bonds. The molecule has 1 saturated heterocycles. The number of aliphatic hydroxyl groups is 1. The Morgan fingerprint density at radius 1 is 1.39 bits per heavy atom. The molecule has 2 aromatic rings. The van der Waals surface area contributed by atoms with Gasteiger partial charge < -0.3 is 15.7 Å². The number of nitrogens with zero attached hydrogens (tertiary/aromatic N) is 4. The molecule has 3 rings (SSSR count). The van der Waals surface area contributed by atoms with Crippen LogP contribution in [0.25, 0.3) is 0 Å². The number of anilines is 1. The fraction of sp³-hybridized carbons (Fsp3) is 0.526. The van der Waals surface area contributed by atoms with E-state index in [-0.39, 0.29) is 18.1 Å². The second kappa shape index (κ2) is 8.83. The van der Waals surface area contributed by atoms with Gasteiger partial charge >= 0.3 is 0 Å². The van der Waals surface area contributed by atoms with E-state index in [1.54, 1.807) is 6.20 Å². The highest BCUT2D eigenvalue weighted by Gasteiger charge is 2.34. The molecule has 3 N–H and O–H groups in total. The SMILES string of the molecule is Cc1nc(N2CCC(C)([C@H](C)N)CC2)c(CO)nc1Sc1ccnc(Br)c1Cl. The van der Waals surface area contributed by atoms with Gasteiger partial charge in [0.2, 0.25) is 0 Å². The minimum absolute atomic E-state index is 0.139. The second-order valence-electron chi connectivity index (χ2n) is 7.49. The van der Waals surface area contributed by atoms with Crippen LogP contribution in [0.1, 0.15) is 38.1 Å². The van der Waals surface area contributed by atoms with E-state index in [0.29, 0.717) is 15.3 Å². The summed E-state index contributed by atoms with van der Waals surface area (Å²) < 4.78 is 0.592. The van der Waals surface area contributed by atoms with Crippen LogP contribution in [0, 0.1) is 12.3 Å². The van der Waals surface area contributed by atoms with Crippen LogP contribution in [0.15, 0.2) is 26.8 Å². The number of rotatable bonds is 5. The molecule has 0 saturated carbocycles. The number of aryl methyl sites for hydroxylation is 1. The first kappa shape index (κ1) is 21.8. The Bertz CT molecular complexity index is 858. The van der Waals surface area contributed by atoms with Crippen LogP contribution in [0.4, 0.5) is 5.82 Å². The Kier molecular flexibility index (Phi) is 6.87. The van der Waals surface area contributed by atoms with Gasteiger partial charge in [-0.15, -0.1) is 0 Å². The molecule has 3 heterocycles. The Hall–Kier alpha value is -0.930. The number of aliphatic hydroxyl groups excluding tert-OH is 1. The minimum atomic E-state index is -0.162. The van der Waals surface area contributed by atoms with Gasteiger partial charge in [-0.1, -0.05) is 30.3 Å². The fourth-order valence-electron chi connectivity index (χ4n) is 3.25. The molecule has 1 fully saturated rings. The van der Waals surface area contributed by atoms with Crippen molar-refractivity contribution in [2.24, 2.45) is 11.1 Å². The zero-order chi connectivity index (χ0) is 20.5. The van der Waals surface area contributed by atoms with E-state index in [1.165, 1.54) is 11.8 Å². The van der Waals surface area contributed by atoms with Gasteiger partial charge in [-0.3, -0.25) is 0 Å². The molecule has 0 unspecified atom stereocenters. The highest BCUT2D eigenvalue weighted by atomic mass is 79.9. The van der Waals surface area contributed by atoms with Crippen molar-refractivity contribution < 1.29 is 5.11 Å². The second-order valence-corrected chi connectivity index (χ2v) is 9.65. The lowest BCUT2D eigenvalue weighted by molar-refractivity contribution is 0.204. The lowest BCUT2D eigenvalue weighted by atomic mass is 9.75. The molecule has 0 bridgehead atoms. The van der Waals surface area contributed by atoms with Crippen LogP contribution < -0.4 is 10.6 Å². The van der Waals surface area contributed by atoms with Crippen molar-refractivity contribution in [3.8, 4) is 0 Å². The summed E-state index contributed by atoms with van der Waals surface area (Å²) in [5.74, 6) is 0.762. The molecule has 0 radical (unpaired) electrons. The normalized spacial score (nSPS) is 17.6. The maximum Gasteiger partial charge on any atom is 0.153 e. The summed E-state index contributed by atoms with van der Waals surface area (Å²) in [4.78, 5) is 16.6. The fourth-order valence-corrected chi connectivity index (χ4v) is 4.81. The number of hydrogen-bond donors (Lipinski definition) is 2. The largest absolute Gasteiger partial charge is 0.390 e. The van der Waals surface area contributed by atoms with E-state index < -0.39 is 0 Å². The molecular weight excluding hydrogens is 462 g/mol. The van der Waals surface area contributed by atoms with Crippen molar-refractivity contribution in [2.75, 3.05) is 18.0 Å². The molecule has 152 valence electrons. The quantitative estimate of drug-likeness (QED) is 0.612. The average Bonchev–Trinajstić information content (AvgIpc) is 2.67. The lowest BCUT2D eigenvalue weighted by Gasteiger charge is -2.42. The van der Waals surface area contributed by atoms with Crippen molar-refractivity contribution in [1.82, 2.24) is 15.0 Å². The Morgan fingerprint density at radius 3 is 2.68 bits per heavy atom. The molecule has 0 aromatic carbocycles. The Balaban J connectivity index is 1.85. The van der Waals surface area contributed by atoms with Crippen molar-refractivity contribution in [3.63, 3.8) is 0 Å². The molecule has 9 heteroatoms. The molecule has 1 aliphatic rings. The summed E-state index contributed by atoms with van der Waals surface area (Å²) in [6.07, 6.45) is 3.67. The van der Waals surface area contributed by atoms with Crippen LogP contribution in [-0.2, 0) is 6.61 Å². The van der Waals surface area contributed by atoms with E-state index in [0.717, 1.165) is 47.4 Å². The number of nitrogens with two attached hydrogens (primary N) is 1. The van der Waals surface area contributed by atoms with Gasteiger partial charge in [0, 0.05) is 30.2 Å². The van der Waals surface area contributed by atoms with E-state index >= 15 is 0 Å². The third-order valence-electron chi connectivity index (χ3n) is 5.55. The van der Waals surface area contributed by atoms with E-state index in [1.807, 2.05) is 13.0 Å². The lowest BCUT2D eigenvalue weighted by Crippen LogP contribution is -2.47. The van der Waals surface area contributed by atoms with Crippen molar-refractivity contribution in [2.45, 2.75) is 56.2 Å². The summed E-state index contributed by atoms with van der Waals surface area (Å²) in [5.41, 5.74) is 7.70. The smallest absolute Gasteiger partial charge is 0.153 e. The predicted octanol–water partition coefficient (Wildman–Crippen LogP) is 4.19. The highest BCUT2D eigenvalue weighted by molar-refractivity contribution is 9.10. The van der Waals surface area contributed by atoms with Gasteiger partial charge in [0.1, 0.15) is 15.3 Å². The standard InChI is InChI=1S/C19H25BrClN5OS/c1-11-18(28-14-4-7-23-16(20)15(14)21)25-13(10-27)17(24-11)26-8-5-19(3,6-9-26)12(2)22/h4,7,12,27H,5-6,8-10,22H2,1-3H3/t12-/m0/s1. The van der Waals surface area contributed by atoms with Gasteiger partial charge in [0.05, 0.1) is 17.3 Å². The summed E-state index contributed by atoms with van der Waals surface area (Å²) >= 11 is 11.1. The first-order chi connectivity index (χ1) is 13.2. The topological polar surface area (TPSA) is 88.2 Å². The summed E-state index contributed by atoms with van der Waals surface area (Å²) in [6.45, 7) is 7.80. The molecular formula is C19H25BrClN5OS. The monoisotopic (exact) mass is 485 g/mol. The van der Waals surface area contributed by atoms with Gasteiger partial charge in [0.15, 0.2) is 5.82 Å². The van der Waals surface area contributed by atoms with E-state index in [9.17, 15) is 5.11 Å². The van der Waals surface area contributed by atoms with Gasteiger partial charge in [-0.05, 0) is 54.1 Å². The van der Waals surface area contributed by atoms with Crippen molar-refractivity contribution >= 4 is 45.1 Å². The predicted molar refractivity (Wildman–Crippen MR) is 117 cm³/mol. The maximum atomic E-state index is 9.92. The zero-order valence-corrected chi connectivity index (χ0v) is 19.4. The maximum absolute atomic E-state index is 9.92. The number of pyridine rings is 1. The van der Waals surface area contributed by atoms with Crippen molar-refractivity contribution in [3.05, 3.63) is 33.3 Å². The zero-order valence-electron chi connectivity index (χ0n) is 16.2. The van der Waals surface area contributed by atoms with E-state index in [4.69, 9.17) is 27.3 Å². The molecule has 0 spiro atoms. The molecule has 2 aromatic heterocycles. The average molecular weight is 487 g/mol. The summed E-state index contributed by atoms with van der Waals surface area (Å²) in [5, 5.41) is 11.2. The third kappa shape index (κ3) is 4.46. The number of hydrogen-bond acceptors (Lipinski definition) is 7.